The minimum Gasteiger partial charge on any atom is -0.391 e. The van der Waals surface area contributed by atoms with Gasteiger partial charge in [0.2, 0.25) is 10.0 Å². The topological polar surface area (TPSA) is 57.6 Å². The van der Waals surface area contributed by atoms with Gasteiger partial charge in [-0.15, -0.1) is 11.3 Å². The molecule has 6 heteroatoms. The van der Waals surface area contributed by atoms with Crippen LogP contribution in [0.25, 0.3) is 0 Å². The molecule has 0 aliphatic carbocycles. The Balaban J connectivity index is 3.00. The van der Waals surface area contributed by atoms with Gasteiger partial charge in [-0.2, -0.15) is 4.31 Å². The molecule has 0 aromatic carbocycles. The molecular formula is C11H19NO3S2. The van der Waals surface area contributed by atoms with Gasteiger partial charge < -0.3 is 5.11 Å². The van der Waals surface area contributed by atoms with Crippen LogP contribution >= 0.6 is 11.3 Å². The van der Waals surface area contributed by atoms with Gasteiger partial charge in [0.25, 0.3) is 0 Å². The Labute approximate surface area is 107 Å². The van der Waals surface area contributed by atoms with Gasteiger partial charge in [-0.3, -0.25) is 0 Å². The second-order valence-corrected chi connectivity index (χ2v) is 6.62. The molecule has 98 valence electrons. The lowest BCUT2D eigenvalue weighted by atomic mass is 10.3. The maximum absolute atomic E-state index is 12.3. The number of hydrogen-bond donors (Lipinski definition) is 1. The SMILES string of the molecule is CCCCN(CC)S(=O)(=O)c1ccsc1CO. The van der Waals surface area contributed by atoms with Gasteiger partial charge >= 0.3 is 0 Å². The second kappa shape index (κ2) is 6.49. The summed E-state index contributed by atoms with van der Waals surface area (Å²) in [7, 11) is -3.44. The Bertz CT molecular complexity index is 439. The van der Waals surface area contributed by atoms with E-state index in [9.17, 15) is 8.42 Å². The lowest BCUT2D eigenvalue weighted by molar-refractivity contribution is 0.282. The van der Waals surface area contributed by atoms with Crippen LogP contribution in [-0.4, -0.2) is 30.9 Å². The second-order valence-electron chi connectivity index (χ2n) is 3.72. The summed E-state index contributed by atoms with van der Waals surface area (Å²) in [6, 6.07) is 1.57. The summed E-state index contributed by atoms with van der Waals surface area (Å²) in [5.41, 5.74) is 0. The third-order valence-corrected chi connectivity index (χ3v) is 5.67. The van der Waals surface area contributed by atoms with Crippen LogP contribution in [0.1, 0.15) is 31.6 Å². The summed E-state index contributed by atoms with van der Waals surface area (Å²) >= 11 is 1.27. The molecule has 0 fully saturated rings. The highest BCUT2D eigenvalue weighted by Gasteiger charge is 2.25. The largest absolute Gasteiger partial charge is 0.391 e. The molecule has 0 saturated carbocycles. The molecular weight excluding hydrogens is 258 g/mol. The number of rotatable bonds is 7. The van der Waals surface area contributed by atoms with Crippen molar-refractivity contribution in [2.45, 2.75) is 38.2 Å². The van der Waals surface area contributed by atoms with Crippen LogP contribution in [0.2, 0.25) is 0 Å². The zero-order chi connectivity index (χ0) is 12.9. The molecule has 0 spiro atoms. The minimum atomic E-state index is -3.44. The fourth-order valence-electron chi connectivity index (χ4n) is 1.60. The number of thiophene rings is 1. The Morgan fingerprint density at radius 2 is 2.12 bits per heavy atom. The van der Waals surface area contributed by atoms with E-state index >= 15 is 0 Å². The molecule has 0 amide bonds. The van der Waals surface area contributed by atoms with E-state index < -0.39 is 10.0 Å². The number of sulfonamides is 1. The standard InChI is InChI=1S/C11H19NO3S2/c1-3-5-7-12(4-2)17(14,15)11-6-8-16-10(11)9-13/h6,8,13H,3-5,7,9H2,1-2H3. The first-order valence-electron chi connectivity index (χ1n) is 5.75. The van der Waals surface area contributed by atoms with Crippen molar-refractivity contribution in [2.24, 2.45) is 0 Å². The highest BCUT2D eigenvalue weighted by atomic mass is 32.2. The van der Waals surface area contributed by atoms with Crippen molar-refractivity contribution < 1.29 is 13.5 Å². The van der Waals surface area contributed by atoms with Crippen molar-refractivity contribution in [1.82, 2.24) is 4.31 Å². The third kappa shape index (κ3) is 3.28. The van der Waals surface area contributed by atoms with Gasteiger partial charge in [0.15, 0.2) is 0 Å². The molecule has 0 unspecified atom stereocenters. The van der Waals surface area contributed by atoms with Crippen LogP contribution in [-0.2, 0) is 16.6 Å². The average molecular weight is 277 g/mol. The van der Waals surface area contributed by atoms with Gasteiger partial charge in [-0.1, -0.05) is 20.3 Å². The fourth-order valence-corrected chi connectivity index (χ4v) is 4.35. The zero-order valence-electron chi connectivity index (χ0n) is 10.2. The summed E-state index contributed by atoms with van der Waals surface area (Å²) in [6.07, 6.45) is 1.81. The molecule has 1 aromatic rings. The van der Waals surface area contributed by atoms with Crippen molar-refractivity contribution in [1.29, 1.82) is 0 Å². The maximum Gasteiger partial charge on any atom is 0.244 e. The number of unbranched alkanes of at least 4 members (excludes halogenated alkanes) is 1. The summed E-state index contributed by atoms with van der Waals surface area (Å²) in [4.78, 5) is 0.767. The molecule has 17 heavy (non-hydrogen) atoms. The molecule has 0 aliphatic rings. The molecule has 1 rings (SSSR count). The van der Waals surface area contributed by atoms with Crippen molar-refractivity contribution in [3.8, 4) is 0 Å². The Morgan fingerprint density at radius 1 is 1.41 bits per heavy atom. The lowest BCUT2D eigenvalue weighted by Crippen LogP contribution is -2.32. The molecule has 1 N–H and O–H groups in total. The van der Waals surface area contributed by atoms with Gasteiger partial charge in [0.1, 0.15) is 0 Å². The fraction of sp³-hybridized carbons (Fsp3) is 0.636. The van der Waals surface area contributed by atoms with Crippen molar-refractivity contribution >= 4 is 21.4 Å². The smallest absolute Gasteiger partial charge is 0.244 e. The van der Waals surface area contributed by atoms with Crippen LogP contribution in [0.3, 0.4) is 0 Å². The van der Waals surface area contributed by atoms with Gasteiger partial charge in [0, 0.05) is 18.0 Å². The number of aliphatic hydroxyl groups is 1. The summed E-state index contributed by atoms with van der Waals surface area (Å²) in [6.45, 7) is 4.64. The van der Waals surface area contributed by atoms with E-state index in [1.54, 1.807) is 11.4 Å². The molecule has 4 nitrogen and oxygen atoms in total. The van der Waals surface area contributed by atoms with E-state index in [1.807, 2.05) is 13.8 Å². The van der Waals surface area contributed by atoms with E-state index in [0.717, 1.165) is 12.8 Å². The first kappa shape index (κ1) is 14.6. The predicted molar refractivity (Wildman–Crippen MR) is 69.6 cm³/mol. The molecule has 0 saturated heterocycles. The molecule has 0 atom stereocenters. The van der Waals surface area contributed by atoms with Crippen LogP contribution in [0, 0.1) is 0 Å². The van der Waals surface area contributed by atoms with Crippen LogP contribution in [0.4, 0.5) is 0 Å². The lowest BCUT2D eigenvalue weighted by Gasteiger charge is -2.20. The normalized spacial score (nSPS) is 12.2. The first-order chi connectivity index (χ1) is 8.07. The van der Waals surface area contributed by atoms with E-state index in [0.29, 0.717) is 18.0 Å². The third-order valence-electron chi connectivity index (χ3n) is 2.58. The summed E-state index contributed by atoms with van der Waals surface area (Å²) < 4.78 is 26.1. The van der Waals surface area contributed by atoms with Crippen LogP contribution in [0.15, 0.2) is 16.3 Å². The maximum atomic E-state index is 12.3. The van der Waals surface area contributed by atoms with Crippen molar-refractivity contribution in [2.75, 3.05) is 13.1 Å². The van der Waals surface area contributed by atoms with Crippen LogP contribution < -0.4 is 0 Å². The van der Waals surface area contributed by atoms with Crippen molar-refractivity contribution in [3.63, 3.8) is 0 Å². The van der Waals surface area contributed by atoms with Gasteiger partial charge in [-0.25, -0.2) is 8.42 Å². The van der Waals surface area contributed by atoms with Crippen molar-refractivity contribution in [3.05, 3.63) is 16.3 Å². The Morgan fingerprint density at radius 3 is 2.65 bits per heavy atom. The molecule has 1 aromatic heterocycles. The number of aliphatic hydroxyl groups excluding tert-OH is 1. The Kier molecular flexibility index (Phi) is 5.58. The number of nitrogens with zero attached hydrogens (tertiary/aromatic N) is 1. The van der Waals surface area contributed by atoms with E-state index in [2.05, 4.69) is 0 Å². The zero-order valence-corrected chi connectivity index (χ0v) is 11.9. The summed E-state index contributed by atoms with van der Waals surface area (Å²) in [5, 5.41) is 10.8. The monoisotopic (exact) mass is 277 g/mol. The Hall–Kier alpha value is -0.430. The molecule has 0 aliphatic heterocycles. The van der Waals surface area contributed by atoms with Gasteiger partial charge in [0.05, 0.1) is 11.5 Å². The molecule has 0 bridgehead atoms. The highest BCUT2D eigenvalue weighted by Crippen LogP contribution is 2.25. The first-order valence-corrected chi connectivity index (χ1v) is 8.07. The molecule has 1 heterocycles. The van der Waals surface area contributed by atoms with E-state index in [1.165, 1.54) is 15.6 Å². The van der Waals surface area contributed by atoms with E-state index in [-0.39, 0.29) is 11.5 Å². The average Bonchev–Trinajstić information content (AvgIpc) is 2.78. The quantitative estimate of drug-likeness (QED) is 0.830. The number of hydrogen-bond acceptors (Lipinski definition) is 4. The van der Waals surface area contributed by atoms with E-state index in [4.69, 9.17) is 5.11 Å². The predicted octanol–water partition coefficient (Wildman–Crippen LogP) is 2.05. The van der Waals surface area contributed by atoms with Gasteiger partial charge in [-0.05, 0) is 17.9 Å². The minimum absolute atomic E-state index is 0.225. The summed E-state index contributed by atoms with van der Waals surface area (Å²) in [5.74, 6) is 0. The highest BCUT2D eigenvalue weighted by molar-refractivity contribution is 7.89. The van der Waals surface area contributed by atoms with Crippen LogP contribution in [0.5, 0.6) is 0 Å². The molecule has 0 radical (unpaired) electrons.